The fraction of sp³-hybridized carbons (Fsp3) is 0.414. The molecule has 0 bridgehead atoms. The van der Waals surface area contributed by atoms with E-state index < -0.39 is 15.9 Å². The van der Waals surface area contributed by atoms with Crippen LogP contribution >= 0.6 is 0 Å². The van der Waals surface area contributed by atoms with Gasteiger partial charge in [0.15, 0.2) is 0 Å². The maximum Gasteiger partial charge on any atom is 0.264 e. The molecule has 0 saturated heterocycles. The van der Waals surface area contributed by atoms with Crippen molar-refractivity contribution in [1.29, 1.82) is 0 Å². The van der Waals surface area contributed by atoms with Crippen LogP contribution in [0.25, 0.3) is 10.8 Å². The maximum atomic E-state index is 14.1. The van der Waals surface area contributed by atoms with Crippen molar-refractivity contribution in [2.75, 3.05) is 38.6 Å². The number of ether oxygens (including phenoxy) is 1. The summed E-state index contributed by atoms with van der Waals surface area (Å²) in [7, 11) is 1.79. The van der Waals surface area contributed by atoms with Gasteiger partial charge in [-0.05, 0) is 50.7 Å². The molecule has 3 aromatic carbocycles. The van der Waals surface area contributed by atoms with E-state index in [-0.39, 0.29) is 22.9 Å². The second-order valence-corrected chi connectivity index (χ2v) is 12.2. The van der Waals surface area contributed by atoms with E-state index in [0.717, 1.165) is 36.6 Å². The largest absolute Gasteiger partial charge is 0.496 e. The lowest BCUT2D eigenvalue weighted by Gasteiger charge is -2.43. The van der Waals surface area contributed by atoms with Gasteiger partial charge in [0.1, 0.15) is 5.75 Å². The Bertz CT molecular complexity index is 1410. The number of rotatable bonds is 7. The number of methoxy groups -OCH3 is 1. The van der Waals surface area contributed by atoms with Crippen molar-refractivity contribution in [3.8, 4) is 5.75 Å². The summed E-state index contributed by atoms with van der Waals surface area (Å²) in [6.07, 6.45) is 5.63. The number of hydrogen-bond acceptors (Lipinski definition) is 5. The van der Waals surface area contributed by atoms with Crippen LogP contribution in [-0.2, 0) is 14.8 Å². The van der Waals surface area contributed by atoms with E-state index in [4.69, 9.17) is 4.74 Å². The summed E-state index contributed by atoms with van der Waals surface area (Å²) >= 11 is 0. The molecule has 0 aromatic heterocycles. The number of sulfonamides is 1. The highest BCUT2D eigenvalue weighted by Crippen LogP contribution is 2.42. The molecule has 196 valence electrons. The Morgan fingerprint density at radius 1 is 1.00 bits per heavy atom. The van der Waals surface area contributed by atoms with E-state index in [1.807, 2.05) is 36.4 Å². The number of carbonyl (C=O) groups is 1. The molecule has 8 heteroatoms. The van der Waals surface area contributed by atoms with Crippen molar-refractivity contribution in [1.82, 2.24) is 10.2 Å². The molecule has 0 spiro atoms. The van der Waals surface area contributed by atoms with Crippen LogP contribution in [0.5, 0.6) is 5.75 Å². The smallest absolute Gasteiger partial charge is 0.264 e. The number of carbonyl (C=O) groups excluding carboxylic acids is 1. The van der Waals surface area contributed by atoms with Gasteiger partial charge in [-0.15, -0.1) is 0 Å². The zero-order chi connectivity index (χ0) is 26.2. The van der Waals surface area contributed by atoms with Crippen molar-refractivity contribution in [2.45, 2.75) is 48.5 Å². The van der Waals surface area contributed by atoms with Crippen molar-refractivity contribution >= 4 is 32.4 Å². The molecule has 5 rings (SSSR count). The van der Waals surface area contributed by atoms with Crippen LogP contribution in [0.15, 0.2) is 65.6 Å². The minimum Gasteiger partial charge on any atom is -0.496 e. The number of benzene rings is 3. The van der Waals surface area contributed by atoms with Crippen molar-refractivity contribution < 1.29 is 17.9 Å². The van der Waals surface area contributed by atoms with Gasteiger partial charge in [0, 0.05) is 22.9 Å². The SMILES string of the molecule is COc1ccc(S(=O)(=O)N2CC(C(=O)NCC3(N(C)C)CCCCC3)c3ccccc32)c2ccccc12. The molecule has 1 aliphatic carbocycles. The Kier molecular flexibility index (Phi) is 6.89. The van der Waals surface area contributed by atoms with E-state index in [2.05, 4.69) is 24.3 Å². The Hall–Kier alpha value is -3.10. The van der Waals surface area contributed by atoms with Gasteiger partial charge >= 0.3 is 0 Å². The lowest BCUT2D eigenvalue weighted by atomic mass is 9.80. The highest BCUT2D eigenvalue weighted by molar-refractivity contribution is 7.93. The summed E-state index contributed by atoms with van der Waals surface area (Å²) in [5.74, 6) is -0.0824. The van der Waals surface area contributed by atoms with Crippen molar-refractivity contribution in [3.63, 3.8) is 0 Å². The van der Waals surface area contributed by atoms with Gasteiger partial charge in [0.05, 0.1) is 30.2 Å². The average molecular weight is 522 g/mol. The zero-order valence-corrected chi connectivity index (χ0v) is 22.6. The number of hydrogen-bond donors (Lipinski definition) is 1. The van der Waals surface area contributed by atoms with E-state index in [1.165, 1.54) is 10.7 Å². The molecule has 2 aliphatic rings. The molecule has 1 saturated carbocycles. The van der Waals surface area contributed by atoms with E-state index >= 15 is 0 Å². The van der Waals surface area contributed by atoms with Crippen LogP contribution in [0, 0.1) is 0 Å². The molecule has 3 aromatic rings. The summed E-state index contributed by atoms with van der Waals surface area (Å²) in [5, 5.41) is 4.52. The first kappa shape index (κ1) is 25.5. The third kappa shape index (κ3) is 4.46. The Morgan fingerprint density at radius 3 is 2.38 bits per heavy atom. The summed E-state index contributed by atoms with van der Waals surface area (Å²) in [5.41, 5.74) is 1.24. The Morgan fingerprint density at radius 2 is 1.68 bits per heavy atom. The standard InChI is InChI=1S/C29H35N3O4S/c1-31(2)29(17-9-4-10-18-29)20-30-28(33)24-19-32(25-14-8-7-11-21(24)25)37(34,35)27-16-15-26(36-3)22-12-5-6-13-23(22)27/h5-8,11-16,24H,4,9-10,17-20H2,1-3H3,(H,30,33). The molecule has 7 nitrogen and oxygen atoms in total. The number of fused-ring (bicyclic) bond motifs is 2. The molecule has 37 heavy (non-hydrogen) atoms. The average Bonchev–Trinajstić information content (AvgIpc) is 3.32. The van der Waals surface area contributed by atoms with Crippen molar-refractivity contribution in [3.05, 3.63) is 66.2 Å². The zero-order valence-electron chi connectivity index (χ0n) is 21.7. The summed E-state index contributed by atoms with van der Waals surface area (Å²) in [4.78, 5) is 16.0. The molecular formula is C29H35N3O4S. The monoisotopic (exact) mass is 521 g/mol. The minimum atomic E-state index is -3.94. The molecule has 1 fully saturated rings. The molecular weight excluding hydrogens is 486 g/mol. The fourth-order valence-electron chi connectivity index (χ4n) is 5.96. The minimum absolute atomic E-state index is 0.0557. The van der Waals surface area contributed by atoms with Gasteiger partial charge < -0.3 is 15.0 Å². The molecule has 1 aliphatic heterocycles. The van der Waals surface area contributed by atoms with E-state index in [9.17, 15) is 13.2 Å². The Balaban J connectivity index is 1.46. The molecule has 1 heterocycles. The third-order valence-corrected chi connectivity index (χ3v) is 10.0. The van der Waals surface area contributed by atoms with Crippen LogP contribution < -0.4 is 14.4 Å². The molecule has 1 atom stereocenters. The predicted molar refractivity (Wildman–Crippen MR) is 147 cm³/mol. The third-order valence-electron chi connectivity index (χ3n) is 8.20. The highest BCUT2D eigenvalue weighted by Gasteiger charge is 2.41. The van der Waals surface area contributed by atoms with Crippen LogP contribution in [-0.4, -0.2) is 59.1 Å². The van der Waals surface area contributed by atoms with Crippen LogP contribution in [0.3, 0.4) is 0 Å². The van der Waals surface area contributed by atoms with E-state index in [1.54, 1.807) is 31.4 Å². The molecule has 0 radical (unpaired) electrons. The maximum absolute atomic E-state index is 14.1. The van der Waals surface area contributed by atoms with Crippen LogP contribution in [0.2, 0.25) is 0 Å². The first-order valence-corrected chi connectivity index (χ1v) is 14.3. The summed E-state index contributed by atoms with van der Waals surface area (Å²) in [6, 6.07) is 17.9. The number of para-hydroxylation sites is 1. The lowest BCUT2D eigenvalue weighted by molar-refractivity contribution is -0.123. The normalized spacial score (nSPS) is 19.1. The molecule has 1 unspecified atom stereocenters. The second kappa shape index (κ2) is 9.99. The number of amides is 1. The molecule has 1 amide bonds. The first-order chi connectivity index (χ1) is 17.8. The number of nitrogens with zero attached hydrogens (tertiary/aromatic N) is 2. The quantitative estimate of drug-likeness (QED) is 0.495. The van der Waals surface area contributed by atoms with Crippen molar-refractivity contribution in [2.24, 2.45) is 0 Å². The lowest BCUT2D eigenvalue weighted by Crippen LogP contribution is -2.54. The molecule has 1 N–H and O–H groups in total. The second-order valence-electron chi connectivity index (χ2n) is 10.4. The van der Waals surface area contributed by atoms with Crippen LogP contribution in [0.1, 0.15) is 43.6 Å². The topological polar surface area (TPSA) is 79.0 Å². The van der Waals surface area contributed by atoms with E-state index in [0.29, 0.717) is 23.4 Å². The first-order valence-electron chi connectivity index (χ1n) is 12.9. The van der Waals surface area contributed by atoms with Gasteiger partial charge in [0.2, 0.25) is 5.91 Å². The fourth-order valence-corrected chi connectivity index (χ4v) is 7.66. The number of nitrogens with one attached hydrogen (secondary N) is 1. The van der Waals surface area contributed by atoms with Gasteiger partial charge in [0.25, 0.3) is 10.0 Å². The highest BCUT2D eigenvalue weighted by atomic mass is 32.2. The predicted octanol–water partition coefficient (Wildman–Crippen LogP) is 4.52. The number of likely N-dealkylation sites (N-methyl/N-ethyl adjacent to an activating group) is 1. The number of anilines is 1. The van der Waals surface area contributed by atoms with Crippen LogP contribution in [0.4, 0.5) is 5.69 Å². The summed E-state index contributed by atoms with van der Waals surface area (Å²) < 4.78 is 35.0. The van der Waals surface area contributed by atoms with Gasteiger partial charge in [-0.3, -0.25) is 9.10 Å². The van der Waals surface area contributed by atoms with Gasteiger partial charge in [-0.25, -0.2) is 8.42 Å². The Labute approximate surface area is 219 Å². The van der Waals surface area contributed by atoms with Gasteiger partial charge in [-0.2, -0.15) is 0 Å². The van der Waals surface area contributed by atoms with Gasteiger partial charge in [-0.1, -0.05) is 61.7 Å². The summed E-state index contributed by atoms with van der Waals surface area (Å²) in [6.45, 7) is 0.635.